The van der Waals surface area contributed by atoms with E-state index in [4.69, 9.17) is 16.0 Å². The summed E-state index contributed by atoms with van der Waals surface area (Å²) >= 11 is 5.87. The molecular weight excluding hydrogens is 513 g/mol. The zero-order chi connectivity index (χ0) is 25.9. The van der Waals surface area contributed by atoms with Crippen LogP contribution in [0.1, 0.15) is 20.9 Å². The molecule has 36 heavy (non-hydrogen) atoms. The van der Waals surface area contributed by atoms with Crippen molar-refractivity contribution in [2.24, 2.45) is 0 Å². The van der Waals surface area contributed by atoms with Crippen LogP contribution in [0.3, 0.4) is 0 Å². The van der Waals surface area contributed by atoms with E-state index in [-0.39, 0.29) is 42.7 Å². The number of hydrogen-bond donors (Lipinski definition) is 1. The summed E-state index contributed by atoms with van der Waals surface area (Å²) in [6.45, 7) is 0.403. The zero-order valence-corrected chi connectivity index (χ0v) is 20.3. The number of piperazine rings is 1. The summed E-state index contributed by atoms with van der Waals surface area (Å²) in [5.74, 6) is -2.86. The number of hydrogen-bond acceptors (Lipinski definition) is 6. The van der Waals surface area contributed by atoms with Gasteiger partial charge in [0.2, 0.25) is 15.2 Å². The number of amides is 3. The number of carbonyl (C=O) groups is 3. The van der Waals surface area contributed by atoms with E-state index < -0.39 is 32.8 Å². The molecule has 0 radical (unpaired) electrons. The van der Waals surface area contributed by atoms with E-state index in [1.807, 2.05) is 0 Å². The number of nitrogens with zero attached hydrogens (tertiary/aromatic N) is 2. The third-order valence-electron chi connectivity index (χ3n) is 5.65. The Hall–Kier alpha value is -3.70. The Balaban J connectivity index is 1.53. The lowest BCUT2D eigenvalue weighted by molar-refractivity contribution is -0.132. The molecule has 4 rings (SSSR count). The van der Waals surface area contributed by atoms with Crippen LogP contribution in [-0.4, -0.2) is 67.5 Å². The molecule has 0 bridgehead atoms. The molecule has 1 unspecified atom stereocenters. The maximum absolute atomic E-state index is 13.4. The summed E-state index contributed by atoms with van der Waals surface area (Å²) in [7, 11) is -4.45. The lowest BCUT2D eigenvalue weighted by Gasteiger charge is -2.36. The van der Waals surface area contributed by atoms with Crippen LogP contribution in [0.2, 0.25) is 5.02 Å². The average molecular weight is 534 g/mol. The van der Waals surface area contributed by atoms with Gasteiger partial charge >= 0.3 is 0 Å². The Morgan fingerprint density at radius 3 is 2.11 bits per heavy atom. The number of furan rings is 1. The standard InChI is InChI=1S/C24H21ClFN3O6S/c25-17-5-3-16(4-6-17)23(31)28-11-13-29(14-12-28)24(32)22(27-21(30)20-2-1-15-35-20)36(33,34)19-9-7-18(26)8-10-19/h1-10,15,22H,11-14H2,(H,27,30). The van der Waals surface area contributed by atoms with Gasteiger partial charge in [-0.05, 0) is 60.7 Å². The Labute approximate surface area is 211 Å². The van der Waals surface area contributed by atoms with Crippen LogP contribution in [0.25, 0.3) is 0 Å². The highest BCUT2D eigenvalue weighted by Gasteiger charge is 2.40. The summed E-state index contributed by atoms with van der Waals surface area (Å²) < 4.78 is 45.0. The van der Waals surface area contributed by atoms with E-state index in [1.54, 1.807) is 24.3 Å². The molecule has 0 spiro atoms. The fourth-order valence-electron chi connectivity index (χ4n) is 3.70. The smallest absolute Gasteiger partial charge is 0.288 e. The second-order valence-corrected chi connectivity index (χ2v) is 10.4. The van der Waals surface area contributed by atoms with Crippen molar-refractivity contribution >= 4 is 39.2 Å². The molecule has 12 heteroatoms. The van der Waals surface area contributed by atoms with Gasteiger partial charge in [0, 0.05) is 36.8 Å². The van der Waals surface area contributed by atoms with Crippen molar-refractivity contribution in [1.82, 2.24) is 15.1 Å². The molecule has 0 aliphatic carbocycles. The van der Waals surface area contributed by atoms with Crippen LogP contribution < -0.4 is 5.32 Å². The van der Waals surface area contributed by atoms with Crippen molar-refractivity contribution < 1.29 is 31.6 Å². The third kappa shape index (κ3) is 5.42. The molecule has 1 aliphatic heterocycles. The Morgan fingerprint density at radius 1 is 0.917 bits per heavy atom. The van der Waals surface area contributed by atoms with E-state index in [0.717, 1.165) is 24.3 Å². The second-order valence-electron chi connectivity index (χ2n) is 7.95. The van der Waals surface area contributed by atoms with Crippen molar-refractivity contribution in [2.45, 2.75) is 10.3 Å². The van der Waals surface area contributed by atoms with Gasteiger partial charge in [0.15, 0.2) is 5.76 Å². The van der Waals surface area contributed by atoms with Crippen LogP contribution in [0.15, 0.2) is 76.2 Å². The highest BCUT2D eigenvalue weighted by molar-refractivity contribution is 7.92. The topological polar surface area (TPSA) is 117 Å². The monoisotopic (exact) mass is 533 g/mol. The number of sulfone groups is 1. The van der Waals surface area contributed by atoms with Gasteiger partial charge in [0.1, 0.15) is 5.82 Å². The molecule has 1 atom stereocenters. The van der Waals surface area contributed by atoms with Crippen molar-refractivity contribution in [3.05, 3.63) is 89.1 Å². The van der Waals surface area contributed by atoms with Gasteiger partial charge in [-0.25, -0.2) is 12.8 Å². The lowest BCUT2D eigenvalue weighted by atomic mass is 10.2. The zero-order valence-electron chi connectivity index (χ0n) is 18.8. The first-order valence-corrected chi connectivity index (χ1v) is 12.8. The summed E-state index contributed by atoms with van der Waals surface area (Å²) in [6, 6.07) is 13.1. The Morgan fingerprint density at radius 2 is 1.53 bits per heavy atom. The Kier molecular flexibility index (Phi) is 7.41. The number of rotatable bonds is 6. The highest BCUT2D eigenvalue weighted by Crippen LogP contribution is 2.20. The van der Waals surface area contributed by atoms with Gasteiger partial charge in [-0.15, -0.1) is 0 Å². The summed E-state index contributed by atoms with van der Waals surface area (Å²) in [5, 5.41) is 0.742. The van der Waals surface area contributed by atoms with Gasteiger partial charge < -0.3 is 19.5 Å². The van der Waals surface area contributed by atoms with Crippen LogP contribution in [0, 0.1) is 5.82 Å². The van der Waals surface area contributed by atoms with Gasteiger partial charge in [-0.2, -0.15) is 0 Å². The van der Waals surface area contributed by atoms with Crippen molar-refractivity contribution in [2.75, 3.05) is 26.2 Å². The van der Waals surface area contributed by atoms with Crippen LogP contribution in [-0.2, 0) is 14.6 Å². The number of nitrogens with one attached hydrogen (secondary N) is 1. The maximum Gasteiger partial charge on any atom is 0.288 e. The van der Waals surface area contributed by atoms with E-state index >= 15 is 0 Å². The van der Waals surface area contributed by atoms with E-state index in [2.05, 4.69) is 5.32 Å². The molecule has 1 aliphatic rings. The number of benzene rings is 2. The fourth-order valence-corrected chi connectivity index (χ4v) is 5.29. The minimum atomic E-state index is -4.45. The minimum absolute atomic E-state index is 0.0459. The average Bonchev–Trinajstić information content (AvgIpc) is 3.42. The SMILES string of the molecule is O=C(NC(C(=O)N1CCN(C(=O)c2ccc(Cl)cc2)CC1)S(=O)(=O)c1ccc(F)cc1)c1ccco1. The molecule has 2 heterocycles. The molecule has 9 nitrogen and oxygen atoms in total. The molecule has 3 amide bonds. The highest BCUT2D eigenvalue weighted by atomic mass is 35.5. The first-order valence-electron chi connectivity index (χ1n) is 10.8. The molecule has 1 N–H and O–H groups in total. The molecule has 1 saturated heterocycles. The predicted octanol–water partition coefficient (Wildman–Crippen LogP) is 2.59. The first-order chi connectivity index (χ1) is 17.2. The van der Waals surface area contributed by atoms with E-state index in [1.165, 1.54) is 28.2 Å². The van der Waals surface area contributed by atoms with Crippen molar-refractivity contribution in [3.8, 4) is 0 Å². The van der Waals surface area contributed by atoms with E-state index in [9.17, 15) is 27.2 Å². The van der Waals surface area contributed by atoms with Gasteiger partial charge in [-0.1, -0.05) is 11.6 Å². The first kappa shape index (κ1) is 25.4. The second kappa shape index (κ2) is 10.5. The molecule has 2 aromatic carbocycles. The normalized spacial score (nSPS) is 14.8. The molecule has 1 fully saturated rings. The molecule has 188 valence electrons. The maximum atomic E-state index is 13.4. The minimum Gasteiger partial charge on any atom is -0.459 e. The number of halogens is 2. The van der Waals surface area contributed by atoms with Crippen LogP contribution in [0.5, 0.6) is 0 Å². The summed E-state index contributed by atoms with van der Waals surface area (Å²) in [6.07, 6.45) is 1.23. The Bertz CT molecular complexity index is 1350. The molecule has 0 saturated carbocycles. The lowest BCUT2D eigenvalue weighted by Crippen LogP contribution is -2.57. The van der Waals surface area contributed by atoms with Gasteiger partial charge in [0.25, 0.3) is 17.7 Å². The molecule has 3 aromatic rings. The molecule has 1 aromatic heterocycles. The largest absolute Gasteiger partial charge is 0.459 e. The summed E-state index contributed by atoms with van der Waals surface area (Å²) in [4.78, 5) is 41.2. The van der Waals surface area contributed by atoms with Crippen LogP contribution in [0.4, 0.5) is 4.39 Å². The van der Waals surface area contributed by atoms with Gasteiger partial charge in [-0.3, -0.25) is 14.4 Å². The van der Waals surface area contributed by atoms with E-state index in [0.29, 0.717) is 10.6 Å². The number of carbonyl (C=O) groups excluding carboxylic acids is 3. The predicted molar refractivity (Wildman–Crippen MR) is 127 cm³/mol. The third-order valence-corrected chi connectivity index (χ3v) is 7.77. The van der Waals surface area contributed by atoms with Gasteiger partial charge in [0.05, 0.1) is 11.2 Å². The fraction of sp³-hybridized carbons (Fsp3) is 0.208. The van der Waals surface area contributed by atoms with Crippen molar-refractivity contribution in [3.63, 3.8) is 0 Å². The van der Waals surface area contributed by atoms with Crippen LogP contribution >= 0.6 is 11.6 Å². The summed E-state index contributed by atoms with van der Waals surface area (Å²) in [5.41, 5.74) is 0.432. The quantitative estimate of drug-likeness (QED) is 0.487. The van der Waals surface area contributed by atoms with Crippen molar-refractivity contribution in [1.29, 1.82) is 0 Å². The molecular formula is C24H21ClFN3O6S.